The zero-order chi connectivity index (χ0) is 24.1. The van der Waals surface area contributed by atoms with Crippen LogP contribution in [0.25, 0.3) is 16.2 Å². The third-order valence-corrected chi connectivity index (χ3v) is 8.97. The monoisotopic (exact) mass is 492 g/mol. The number of benzene rings is 1. The number of rotatable bonds is 6. The van der Waals surface area contributed by atoms with Gasteiger partial charge in [-0.05, 0) is 58.6 Å². The fourth-order valence-corrected chi connectivity index (χ4v) is 6.95. The van der Waals surface area contributed by atoms with Crippen molar-refractivity contribution < 1.29 is 18.6 Å². The lowest BCUT2D eigenvalue weighted by molar-refractivity contribution is 0.0822. The first-order chi connectivity index (χ1) is 15.4. The second kappa shape index (κ2) is 8.66. The van der Waals surface area contributed by atoms with Gasteiger partial charge in [0.25, 0.3) is 0 Å². The molecule has 1 fully saturated rings. The number of hydrogen-bond donors (Lipinski definition) is 3. The number of fused-ring (bicyclic) bond motifs is 1. The van der Waals surface area contributed by atoms with E-state index in [1.54, 1.807) is 24.8 Å². The Kier molecular flexibility index (Phi) is 6.34. The molecule has 0 atom stereocenters. The molecule has 0 saturated heterocycles. The van der Waals surface area contributed by atoms with E-state index in [9.17, 15) is 18.6 Å². The van der Waals surface area contributed by atoms with Crippen molar-refractivity contribution in [2.45, 2.75) is 69.1 Å². The predicted molar refractivity (Wildman–Crippen MR) is 131 cm³/mol. The van der Waals surface area contributed by atoms with Crippen molar-refractivity contribution in [1.82, 2.24) is 14.1 Å². The molecule has 2 aromatic heterocycles. The lowest BCUT2D eigenvalue weighted by Gasteiger charge is -2.27. The molecule has 3 aromatic rings. The smallest absolute Gasteiger partial charge is 0.242 e. The minimum absolute atomic E-state index is 0.188. The van der Waals surface area contributed by atoms with Crippen LogP contribution in [0.2, 0.25) is 0 Å². The zero-order valence-corrected chi connectivity index (χ0v) is 21.3. The number of anilines is 1. The van der Waals surface area contributed by atoms with Crippen molar-refractivity contribution in [3.05, 3.63) is 35.0 Å². The summed E-state index contributed by atoms with van der Waals surface area (Å²) >= 11 is 1.42. The van der Waals surface area contributed by atoms with Crippen LogP contribution in [-0.2, 0) is 15.6 Å². The standard InChI is InChI=1S/C23H32N4O4S2/c1-14-21(27-13-20(23(2,3)29)32-22(27)24-14)15-6-11-18(26(4)5)19(12-15)33(30,31)25-16-7-9-17(28)10-8-16/h6,11-13,16-17,25,28-29H,7-10H2,1-5H3/t16-,17+. The van der Waals surface area contributed by atoms with E-state index in [4.69, 9.17) is 0 Å². The average molecular weight is 493 g/mol. The van der Waals surface area contributed by atoms with Crippen LogP contribution in [0.15, 0.2) is 29.3 Å². The molecule has 8 nitrogen and oxygen atoms in total. The van der Waals surface area contributed by atoms with Crippen molar-refractivity contribution in [3.63, 3.8) is 0 Å². The van der Waals surface area contributed by atoms with Crippen molar-refractivity contribution >= 4 is 32.0 Å². The zero-order valence-electron chi connectivity index (χ0n) is 19.7. The molecule has 0 bridgehead atoms. The Bertz CT molecular complexity index is 1260. The first kappa shape index (κ1) is 24.2. The highest BCUT2D eigenvalue weighted by molar-refractivity contribution is 7.89. The van der Waals surface area contributed by atoms with Gasteiger partial charge in [-0.1, -0.05) is 17.4 Å². The number of sulfonamides is 1. The van der Waals surface area contributed by atoms with Crippen molar-refractivity contribution in [3.8, 4) is 11.3 Å². The lowest BCUT2D eigenvalue weighted by atomic mass is 9.94. The first-order valence-electron chi connectivity index (χ1n) is 11.1. The predicted octanol–water partition coefficient (Wildman–Crippen LogP) is 3.25. The molecule has 3 N–H and O–H groups in total. The van der Waals surface area contributed by atoms with Gasteiger partial charge in [-0.25, -0.2) is 18.1 Å². The summed E-state index contributed by atoms with van der Waals surface area (Å²) in [5, 5.41) is 20.2. The van der Waals surface area contributed by atoms with Crippen LogP contribution in [0, 0.1) is 6.92 Å². The number of aromatic nitrogens is 2. The van der Waals surface area contributed by atoms with Gasteiger partial charge in [0.05, 0.1) is 33.7 Å². The fourth-order valence-electron chi connectivity index (χ4n) is 4.31. The molecule has 1 aromatic carbocycles. The second-order valence-corrected chi connectivity index (χ2v) is 12.2. The molecule has 0 radical (unpaired) electrons. The summed E-state index contributed by atoms with van der Waals surface area (Å²) < 4.78 is 31.7. The summed E-state index contributed by atoms with van der Waals surface area (Å²) in [7, 11) is -0.149. The van der Waals surface area contributed by atoms with Crippen LogP contribution in [0.5, 0.6) is 0 Å². The van der Waals surface area contributed by atoms with Gasteiger partial charge < -0.3 is 15.1 Å². The molecule has 1 saturated carbocycles. The number of hydrogen-bond acceptors (Lipinski definition) is 7. The second-order valence-electron chi connectivity index (χ2n) is 9.56. The molecule has 1 aliphatic carbocycles. The molecule has 0 spiro atoms. The third-order valence-electron chi connectivity index (χ3n) is 6.13. The number of nitrogens with one attached hydrogen (secondary N) is 1. The van der Waals surface area contributed by atoms with E-state index in [2.05, 4.69) is 9.71 Å². The topological polar surface area (TPSA) is 107 Å². The summed E-state index contributed by atoms with van der Waals surface area (Å²) in [4.78, 5) is 8.18. The van der Waals surface area contributed by atoms with E-state index < -0.39 is 15.6 Å². The van der Waals surface area contributed by atoms with Crippen LogP contribution in [0.1, 0.15) is 50.1 Å². The van der Waals surface area contributed by atoms with Gasteiger partial charge in [-0.15, -0.1) is 0 Å². The normalized spacial score (nSPS) is 19.8. The van der Waals surface area contributed by atoms with E-state index in [0.717, 1.165) is 26.8 Å². The van der Waals surface area contributed by atoms with E-state index in [-0.39, 0.29) is 17.0 Å². The SMILES string of the molecule is Cc1nc2sc(C(C)(C)O)cn2c1-c1ccc(N(C)C)c(S(=O)(=O)N[C@H]2CC[C@@H](O)CC2)c1. The summed E-state index contributed by atoms with van der Waals surface area (Å²) in [6, 6.07) is 5.24. The fraction of sp³-hybridized carbons (Fsp3) is 0.522. The molecule has 0 unspecified atom stereocenters. The summed E-state index contributed by atoms with van der Waals surface area (Å²) in [6.07, 6.45) is 3.96. The molecule has 0 aliphatic heterocycles. The van der Waals surface area contributed by atoms with Crippen LogP contribution in [0.3, 0.4) is 0 Å². The highest BCUT2D eigenvalue weighted by Gasteiger charge is 2.28. The van der Waals surface area contributed by atoms with E-state index in [0.29, 0.717) is 31.4 Å². The summed E-state index contributed by atoms with van der Waals surface area (Å²) in [6.45, 7) is 5.37. The maximum atomic E-state index is 13.5. The Morgan fingerprint density at radius 2 is 1.88 bits per heavy atom. The largest absolute Gasteiger partial charge is 0.393 e. The first-order valence-corrected chi connectivity index (χ1v) is 13.4. The minimum atomic E-state index is -3.79. The highest BCUT2D eigenvalue weighted by atomic mass is 32.2. The molecule has 1 aliphatic rings. The highest BCUT2D eigenvalue weighted by Crippen LogP contribution is 2.36. The van der Waals surface area contributed by atoms with Crippen LogP contribution < -0.4 is 9.62 Å². The minimum Gasteiger partial charge on any atom is -0.393 e. The third kappa shape index (κ3) is 4.81. The molecule has 180 valence electrons. The van der Waals surface area contributed by atoms with Gasteiger partial charge in [0.1, 0.15) is 4.90 Å². The molecule has 33 heavy (non-hydrogen) atoms. The average Bonchev–Trinajstić information content (AvgIpc) is 3.26. The molecular weight excluding hydrogens is 460 g/mol. The van der Waals surface area contributed by atoms with Crippen molar-refractivity contribution in [2.24, 2.45) is 0 Å². The number of aryl methyl sites for hydroxylation is 1. The Morgan fingerprint density at radius 1 is 1.21 bits per heavy atom. The Hall–Kier alpha value is -1.98. The van der Waals surface area contributed by atoms with Gasteiger partial charge in [-0.3, -0.25) is 4.40 Å². The van der Waals surface area contributed by atoms with Crippen molar-refractivity contribution in [1.29, 1.82) is 0 Å². The van der Waals surface area contributed by atoms with Crippen LogP contribution >= 0.6 is 11.3 Å². The molecular formula is C23H32N4O4S2. The maximum Gasteiger partial charge on any atom is 0.242 e. The van der Waals surface area contributed by atoms with Gasteiger partial charge in [-0.2, -0.15) is 0 Å². The molecule has 10 heteroatoms. The Morgan fingerprint density at radius 3 is 2.48 bits per heavy atom. The Labute approximate surface area is 198 Å². The van der Waals surface area contributed by atoms with Crippen molar-refractivity contribution in [2.75, 3.05) is 19.0 Å². The van der Waals surface area contributed by atoms with Gasteiger partial charge >= 0.3 is 0 Å². The van der Waals surface area contributed by atoms with E-state index in [1.807, 2.05) is 43.7 Å². The number of aliphatic hydroxyl groups excluding tert-OH is 1. The van der Waals surface area contributed by atoms with Gasteiger partial charge in [0.15, 0.2) is 4.96 Å². The van der Waals surface area contributed by atoms with E-state index in [1.165, 1.54) is 11.3 Å². The number of aliphatic hydroxyl groups is 2. The van der Waals surface area contributed by atoms with E-state index >= 15 is 0 Å². The molecule has 0 amide bonds. The van der Waals surface area contributed by atoms with Gasteiger partial charge in [0.2, 0.25) is 10.0 Å². The molecule has 2 heterocycles. The summed E-state index contributed by atoms with van der Waals surface area (Å²) in [5.74, 6) is 0. The lowest BCUT2D eigenvalue weighted by Crippen LogP contribution is -2.39. The number of imidazole rings is 1. The number of thiazole rings is 1. The number of nitrogens with zero attached hydrogens (tertiary/aromatic N) is 3. The molecule has 4 rings (SSSR count). The Balaban J connectivity index is 1.78. The maximum absolute atomic E-state index is 13.5. The van der Waals surface area contributed by atoms with Gasteiger partial charge in [0, 0.05) is 31.9 Å². The summed E-state index contributed by atoms with van der Waals surface area (Å²) in [5.41, 5.74) is 1.95. The van der Waals surface area contributed by atoms with Crippen LogP contribution in [-0.4, -0.2) is 54.3 Å². The quantitative estimate of drug-likeness (QED) is 0.488. The van der Waals surface area contributed by atoms with Crippen LogP contribution in [0.4, 0.5) is 5.69 Å².